The molecule has 34 heavy (non-hydrogen) atoms. The van der Waals surface area contributed by atoms with Gasteiger partial charge >= 0.3 is 5.97 Å². The summed E-state index contributed by atoms with van der Waals surface area (Å²) in [5.74, 6) is -2.15. The fourth-order valence-corrected chi connectivity index (χ4v) is 7.39. The summed E-state index contributed by atoms with van der Waals surface area (Å²) in [6, 6.07) is 11.2. The first kappa shape index (κ1) is 24.3. The molecule has 0 radical (unpaired) electrons. The van der Waals surface area contributed by atoms with E-state index in [0.717, 1.165) is 19.3 Å². The molecule has 1 N–H and O–H groups in total. The van der Waals surface area contributed by atoms with Crippen molar-refractivity contribution >= 4 is 27.6 Å². The van der Waals surface area contributed by atoms with Gasteiger partial charge in [-0.05, 0) is 60.4 Å². The van der Waals surface area contributed by atoms with Crippen molar-refractivity contribution in [1.29, 1.82) is 0 Å². The quantitative estimate of drug-likeness (QED) is 0.615. The summed E-state index contributed by atoms with van der Waals surface area (Å²) in [5, 5.41) is 2.33. The van der Waals surface area contributed by atoms with Gasteiger partial charge < -0.3 is 10.1 Å². The summed E-state index contributed by atoms with van der Waals surface area (Å²) >= 11 is 0. The van der Waals surface area contributed by atoms with Crippen LogP contribution in [0.3, 0.4) is 0 Å². The fourth-order valence-electron chi connectivity index (χ4n) is 5.57. The number of sulfonamides is 1. The summed E-state index contributed by atoms with van der Waals surface area (Å²) in [5.41, 5.74) is -0.00356. The number of benzene rings is 2. The molecule has 2 bridgehead atoms. The molecule has 9 heteroatoms. The molecule has 2 unspecified atom stereocenters. The lowest BCUT2D eigenvalue weighted by Crippen LogP contribution is -2.37. The largest absolute Gasteiger partial charge is 0.452 e. The number of rotatable bonds is 6. The van der Waals surface area contributed by atoms with Crippen molar-refractivity contribution in [2.24, 2.45) is 10.8 Å². The van der Waals surface area contributed by atoms with Crippen LogP contribution in [0.1, 0.15) is 50.4 Å². The van der Waals surface area contributed by atoms with Crippen LogP contribution in [0.25, 0.3) is 0 Å². The molecule has 0 aromatic heterocycles. The van der Waals surface area contributed by atoms with Crippen LogP contribution in [0.5, 0.6) is 0 Å². The number of carbonyl (C=O) groups is 2. The molecular formula is C25H29FN2O5S. The van der Waals surface area contributed by atoms with Gasteiger partial charge in [-0.2, -0.15) is 4.31 Å². The number of ether oxygens (including phenoxy) is 1. The minimum absolute atomic E-state index is 0.0201. The molecule has 2 atom stereocenters. The van der Waals surface area contributed by atoms with Gasteiger partial charge in [0.05, 0.1) is 16.1 Å². The zero-order chi connectivity index (χ0) is 24.7. The van der Waals surface area contributed by atoms with E-state index in [1.807, 2.05) is 0 Å². The van der Waals surface area contributed by atoms with E-state index in [-0.39, 0.29) is 33.0 Å². The molecule has 182 valence electrons. The molecule has 1 heterocycles. The van der Waals surface area contributed by atoms with Crippen molar-refractivity contribution in [2.45, 2.75) is 51.0 Å². The van der Waals surface area contributed by atoms with Gasteiger partial charge in [-0.15, -0.1) is 0 Å². The van der Waals surface area contributed by atoms with Crippen molar-refractivity contribution < 1.29 is 27.1 Å². The number of nitrogens with one attached hydrogen (secondary N) is 1. The molecule has 2 aromatic rings. The highest BCUT2D eigenvalue weighted by Crippen LogP contribution is 2.53. The van der Waals surface area contributed by atoms with Gasteiger partial charge in [-0.3, -0.25) is 4.79 Å². The van der Waals surface area contributed by atoms with E-state index in [1.54, 1.807) is 10.4 Å². The summed E-state index contributed by atoms with van der Waals surface area (Å²) in [7, 11) is -3.81. The van der Waals surface area contributed by atoms with Crippen LogP contribution < -0.4 is 5.32 Å². The number of hydrogen-bond acceptors (Lipinski definition) is 5. The Labute approximate surface area is 199 Å². The van der Waals surface area contributed by atoms with Crippen LogP contribution >= 0.6 is 0 Å². The van der Waals surface area contributed by atoms with Crippen LogP contribution in [0, 0.1) is 16.6 Å². The first-order chi connectivity index (χ1) is 15.9. The summed E-state index contributed by atoms with van der Waals surface area (Å²) in [6.07, 6.45) is 2.58. The SMILES string of the molecule is CC1(C)CC2CC(C)(CN2S(=O)(=O)c2cccc(C(=O)OCC(=O)Nc3ccccc3F)c2)C1. The maximum absolute atomic E-state index is 13.7. The van der Waals surface area contributed by atoms with Gasteiger partial charge in [0.2, 0.25) is 10.0 Å². The maximum Gasteiger partial charge on any atom is 0.338 e. The molecule has 1 amide bonds. The number of amides is 1. The molecule has 2 fully saturated rings. The molecule has 1 aliphatic heterocycles. The first-order valence-electron chi connectivity index (χ1n) is 11.2. The average molecular weight is 489 g/mol. The van der Waals surface area contributed by atoms with Crippen LogP contribution in [0.15, 0.2) is 53.4 Å². The topological polar surface area (TPSA) is 92.8 Å². The van der Waals surface area contributed by atoms with Crippen LogP contribution in [-0.4, -0.2) is 43.8 Å². The predicted molar refractivity (Wildman–Crippen MR) is 125 cm³/mol. The van der Waals surface area contributed by atoms with Crippen molar-refractivity contribution in [3.8, 4) is 0 Å². The van der Waals surface area contributed by atoms with Crippen molar-refractivity contribution in [1.82, 2.24) is 4.31 Å². The van der Waals surface area contributed by atoms with E-state index in [4.69, 9.17) is 4.74 Å². The lowest BCUT2D eigenvalue weighted by Gasteiger charge is -2.39. The number of anilines is 1. The Balaban J connectivity index is 1.45. The lowest BCUT2D eigenvalue weighted by molar-refractivity contribution is -0.119. The van der Waals surface area contributed by atoms with Gasteiger partial charge in [0, 0.05) is 12.6 Å². The molecule has 7 nitrogen and oxygen atoms in total. The Morgan fingerprint density at radius 2 is 1.85 bits per heavy atom. The van der Waals surface area contributed by atoms with Gasteiger partial charge in [0.15, 0.2) is 6.61 Å². The number of esters is 1. The van der Waals surface area contributed by atoms with Gasteiger partial charge in [0.1, 0.15) is 5.82 Å². The lowest BCUT2D eigenvalue weighted by atomic mass is 9.65. The van der Waals surface area contributed by atoms with Crippen molar-refractivity contribution in [3.05, 3.63) is 59.9 Å². The average Bonchev–Trinajstić information content (AvgIpc) is 3.03. The number of hydrogen-bond donors (Lipinski definition) is 1. The highest BCUT2D eigenvalue weighted by molar-refractivity contribution is 7.89. The smallest absolute Gasteiger partial charge is 0.338 e. The second-order valence-electron chi connectivity index (χ2n) is 10.4. The molecule has 0 spiro atoms. The van der Waals surface area contributed by atoms with Crippen LogP contribution in [-0.2, 0) is 19.6 Å². The molecule has 1 saturated carbocycles. The number of nitrogens with zero attached hydrogens (tertiary/aromatic N) is 1. The zero-order valence-electron chi connectivity index (χ0n) is 19.5. The minimum Gasteiger partial charge on any atom is -0.452 e. The predicted octanol–water partition coefficient (Wildman–Crippen LogP) is 4.21. The Morgan fingerprint density at radius 3 is 2.59 bits per heavy atom. The molecule has 1 saturated heterocycles. The second kappa shape index (κ2) is 8.78. The maximum atomic E-state index is 13.7. The number of fused-ring (bicyclic) bond motifs is 2. The van der Waals surface area contributed by atoms with E-state index < -0.39 is 34.3 Å². The van der Waals surface area contributed by atoms with Crippen molar-refractivity contribution in [3.63, 3.8) is 0 Å². The fraction of sp³-hybridized carbons (Fsp3) is 0.440. The van der Waals surface area contributed by atoms with Gasteiger partial charge in [0.25, 0.3) is 5.91 Å². The van der Waals surface area contributed by atoms with Crippen LogP contribution in [0.4, 0.5) is 10.1 Å². The Morgan fingerprint density at radius 1 is 1.12 bits per heavy atom. The molecule has 1 aliphatic carbocycles. The Bertz CT molecular complexity index is 1230. The zero-order valence-corrected chi connectivity index (χ0v) is 20.3. The normalized spacial score (nSPS) is 23.9. The number of halogens is 1. The summed E-state index contributed by atoms with van der Waals surface area (Å²) in [4.78, 5) is 24.6. The Kier molecular flexibility index (Phi) is 6.29. The third-order valence-corrected chi connectivity index (χ3v) is 8.42. The van der Waals surface area contributed by atoms with Gasteiger partial charge in [-0.25, -0.2) is 17.6 Å². The molecule has 2 aliphatic rings. The first-order valence-corrected chi connectivity index (χ1v) is 12.7. The second-order valence-corrected chi connectivity index (χ2v) is 12.3. The van der Waals surface area contributed by atoms with Crippen LogP contribution in [0.2, 0.25) is 0 Å². The number of para-hydroxylation sites is 1. The van der Waals surface area contributed by atoms with E-state index in [0.29, 0.717) is 6.54 Å². The molecular weight excluding hydrogens is 459 g/mol. The monoisotopic (exact) mass is 488 g/mol. The summed E-state index contributed by atoms with van der Waals surface area (Å²) in [6.45, 7) is 6.30. The van der Waals surface area contributed by atoms with E-state index >= 15 is 0 Å². The third kappa shape index (κ3) is 5.00. The highest BCUT2D eigenvalue weighted by Gasteiger charge is 2.53. The standard InChI is InChI=1S/C25H29FN2O5S/c1-24(2)12-18-13-25(3,15-24)16-28(18)34(31,32)19-8-6-7-17(11-19)23(30)33-14-22(29)27-21-10-5-4-9-20(21)26/h4-11,18H,12-16H2,1-3H3,(H,27,29). The van der Waals surface area contributed by atoms with Crippen molar-refractivity contribution in [2.75, 3.05) is 18.5 Å². The highest BCUT2D eigenvalue weighted by atomic mass is 32.2. The molecule has 2 aromatic carbocycles. The van der Waals surface area contributed by atoms with E-state index in [1.165, 1.54) is 42.5 Å². The van der Waals surface area contributed by atoms with E-state index in [9.17, 15) is 22.4 Å². The summed E-state index contributed by atoms with van der Waals surface area (Å²) < 4.78 is 47.2. The minimum atomic E-state index is -3.81. The molecule has 4 rings (SSSR count). The van der Waals surface area contributed by atoms with Gasteiger partial charge in [-0.1, -0.05) is 39.0 Å². The Hall–Kier alpha value is -2.78. The third-order valence-electron chi connectivity index (χ3n) is 6.53. The number of carbonyl (C=O) groups excluding carboxylic acids is 2. The van der Waals surface area contributed by atoms with E-state index in [2.05, 4.69) is 26.1 Å².